The number of hydrogen-bond donors (Lipinski definition) is 3. The third kappa shape index (κ3) is 3.85. The number of nitrogens with one attached hydrogen (secondary N) is 1. The lowest BCUT2D eigenvalue weighted by atomic mass is 10.1. The van der Waals surface area contributed by atoms with Crippen molar-refractivity contribution in [2.24, 2.45) is 5.10 Å². The summed E-state index contributed by atoms with van der Waals surface area (Å²) in [6, 6.07) is 6.31. The molecule has 0 aliphatic rings. The molecule has 1 aromatic carbocycles. The number of hydrogen-bond acceptors (Lipinski definition) is 6. The molecule has 0 unspecified atom stereocenters. The fourth-order valence-corrected chi connectivity index (χ4v) is 2.64. The Morgan fingerprint density at radius 2 is 1.91 bits per heavy atom. The van der Waals surface area contributed by atoms with Gasteiger partial charge in [0.1, 0.15) is 5.75 Å². The Balaban J connectivity index is 2.25. The predicted octanol–water partition coefficient (Wildman–Crippen LogP) is 1.21. The van der Waals surface area contributed by atoms with Gasteiger partial charge in [0, 0.05) is 17.3 Å². The van der Waals surface area contributed by atoms with Crippen molar-refractivity contribution in [3.8, 4) is 5.75 Å². The molecule has 0 radical (unpaired) electrons. The Kier molecular flexibility index (Phi) is 4.97. The van der Waals surface area contributed by atoms with E-state index < -0.39 is 10.0 Å². The van der Waals surface area contributed by atoms with Gasteiger partial charge in [-0.2, -0.15) is 13.5 Å². The van der Waals surface area contributed by atoms with Crippen molar-refractivity contribution >= 4 is 16.2 Å². The number of benzene rings is 1. The molecule has 1 heterocycles. The third-order valence-corrected chi connectivity index (χ3v) is 4.46. The van der Waals surface area contributed by atoms with Gasteiger partial charge in [0.05, 0.1) is 23.4 Å². The van der Waals surface area contributed by atoms with Crippen LogP contribution in [-0.4, -0.2) is 29.8 Å². The average molecular weight is 335 g/mol. The van der Waals surface area contributed by atoms with Gasteiger partial charge in [-0.05, 0) is 26.0 Å². The van der Waals surface area contributed by atoms with Crippen LogP contribution in [0.5, 0.6) is 5.75 Å². The number of aliphatic hydroxyl groups is 1. The van der Waals surface area contributed by atoms with Crippen LogP contribution in [0.25, 0.3) is 0 Å². The Morgan fingerprint density at radius 1 is 1.26 bits per heavy atom. The van der Waals surface area contributed by atoms with E-state index in [2.05, 4.69) is 14.9 Å². The largest absolute Gasteiger partial charge is 0.505 e. The summed E-state index contributed by atoms with van der Waals surface area (Å²) in [6.07, 6.45) is 2.53. The molecule has 0 saturated carbocycles. The Morgan fingerprint density at radius 3 is 2.52 bits per heavy atom. The first-order valence-corrected chi connectivity index (χ1v) is 8.23. The normalized spacial score (nSPS) is 11.8. The number of aliphatic hydroxyl groups excluding tert-OH is 1. The van der Waals surface area contributed by atoms with Crippen LogP contribution in [0.15, 0.2) is 40.5 Å². The number of aromatic hydroxyl groups is 1. The molecule has 0 saturated heterocycles. The van der Waals surface area contributed by atoms with E-state index in [9.17, 15) is 18.6 Å². The molecule has 0 fully saturated rings. The third-order valence-electron chi connectivity index (χ3n) is 3.23. The summed E-state index contributed by atoms with van der Waals surface area (Å²) in [4.78, 5) is 6.06. The lowest BCUT2D eigenvalue weighted by Gasteiger charge is -2.07. The van der Waals surface area contributed by atoms with Crippen LogP contribution in [0.3, 0.4) is 0 Å². The summed E-state index contributed by atoms with van der Waals surface area (Å²) in [5, 5.41) is 22.9. The van der Waals surface area contributed by atoms with E-state index in [4.69, 9.17) is 0 Å². The highest BCUT2D eigenvalue weighted by Crippen LogP contribution is 2.21. The molecule has 23 heavy (non-hydrogen) atoms. The van der Waals surface area contributed by atoms with Gasteiger partial charge >= 0.3 is 0 Å². The molecule has 0 aliphatic carbocycles. The molecule has 2 rings (SSSR count). The first kappa shape index (κ1) is 16.9. The van der Waals surface area contributed by atoms with E-state index >= 15 is 0 Å². The van der Waals surface area contributed by atoms with E-state index in [1.165, 1.54) is 18.3 Å². The minimum absolute atomic E-state index is 0.0813. The quantitative estimate of drug-likeness (QED) is 0.562. The summed E-state index contributed by atoms with van der Waals surface area (Å²) in [5.74, 6) is -0.158. The minimum atomic E-state index is -3.80. The molecule has 0 spiro atoms. The number of aryl methyl sites for hydroxylation is 2. The number of hydrazone groups is 1. The molecule has 7 nitrogen and oxygen atoms in total. The molecule has 2 aromatic rings. The van der Waals surface area contributed by atoms with Crippen LogP contribution in [-0.2, 0) is 16.6 Å². The van der Waals surface area contributed by atoms with Gasteiger partial charge in [-0.15, -0.1) is 0 Å². The van der Waals surface area contributed by atoms with Gasteiger partial charge in [-0.1, -0.05) is 17.7 Å². The van der Waals surface area contributed by atoms with E-state index in [0.717, 1.165) is 11.8 Å². The SMILES string of the molecule is Cc1ccc(S(=O)(=O)N/N=C/c2c(CO)cnc(C)c2O)cc1. The zero-order valence-electron chi connectivity index (χ0n) is 12.7. The summed E-state index contributed by atoms with van der Waals surface area (Å²) >= 11 is 0. The van der Waals surface area contributed by atoms with Crippen molar-refractivity contribution in [2.45, 2.75) is 25.3 Å². The van der Waals surface area contributed by atoms with Crippen LogP contribution in [0.1, 0.15) is 22.4 Å². The Bertz CT molecular complexity index is 831. The highest BCUT2D eigenvalue weighted by Gasteiger charge is 2.13. The van der Waals surface area contributed by atoms with Gasteiger partial charge in [0.2, 0.25) is 0 Å². The zero-order valence-corrected chi connectivity index (χ0v) is 13.5. The second kappa shape index (κ2) is 6.76. The number of sulfonamides is 1. The maximum Gasteiger partial charge on any atom is 0.276 e. The summed E-state index contributed by atoms with van der Waals surface area (Å²) < 4.78 is 24.2. The van der Waals surface area contributed by atoms with Crippen molar-refractivity contribution in [1.82, 2.24) is 9.82 Å². The zero-order chi connectivity index (χ0) is 17.0. The highest BCUT2D eigenvalue weighted by atomic mass is 32.2. The molecule has 0 amide bonds. The van der Waals surface area contributed by atoms with Gasteiger partial charge in [-0.3, -0.25) is 4.98 Å². The average Bonchev–Trinajstić information content (AvgIpc) is 2.52. The lowest BCUT2D eigenvalue weighted by Crippen LogP contribution is -2.18. The Hall–Kier alpha value is -2.45. The van der Waals surface area contributed by atoms with Gasteiger partial charge in [0.25, 0.3) is 10.0 Å². The maximum absolute atomic E-state index is 12.1. The van der Waals surface area contributed by atoms with Gasteiger partial charge in [0.15, 0.2) is 0 Å². The molecule has 3 N–H and O–H groups in total. The minimum Gasteiger partial charge on any atom is -0.505 e. The number of rotatable bonds is 5. The predicted molar refractivity (Wildman–Crippen MR) is 85.7 cm³/mol. The van der Waals surface area contributed by atoms with Crippen LogP contribution < -0.4 is 4.83 Å². The van der Waals surface area contributed by atoms with Crippen LogP contribution >= 0.6 is 0 Å². The van der Waals surface area contributed by atoms with Crippen molar-refractivity contribution < 1.29 is 18.6 Å². The van der Waals surface area contributed by atoms with E-state index in [0.29, 0.717) is 11.3 Å². The molecular weight excluding hydrogens is 318 g/mol. The lowest BCUT2D eigenvalue weighted by molar-refractivity contribution is 0.280. The number of aromatic nitrogens is 1. The van der Waals surface area contributed by atoms with Gasteiger partial charge in [-0.25, -0.2) is 4.83 Å². The first-order valence-electron chi connectivity index (χ1n) is 6.75. The highest BCUT2D eigenvalue weighted by molar-refractivity contribution is 7.89. The number of pyridine rings is 1. The van der Waals surface area contributed by atoms with E-state index in [1.54, 1.807) is 19.1 Å². The van der Waals surface area contributed by atoms with Crippen molar-refractivity contribution in [3.05, 3.63) is 52.8 Å². The molecular formula is C15H17N3O4S. The molecule has 8 heteroatoms. The van der Waals surface area contributed by atoms with Crippen LogP contribution in [0.2, 0.25) is 0 Å². The summed E-state index contributed by atoms with van der Waals surface area (Å²) in [5.41, 5.74) is 1.85. The molecule has 122 valence electrons. The van der Waals surface area contributed by atoms with Crippen molar-refractivity contribution in [1.29, 1.82) is 0 Å². The van der Waals surface area contributed by atoms with Gasteiger partial charge < -0.3 is 10.2 Å². The summed E-state index contributed by atoms with van der Waals surface area (Å²) in [6.45, 7) is 3.09. The van der Waals surface area contributed by atoms with Crippen LogP contribution in [0.4, 0.5) is 0 Å². The first-order chi connectivity index (χ1) is 10.8. The van der Waals surface area contributed by atoms with Crippen LogP contribution in [0, 0.1) is 13.8 Å². The molecule has 0 aliphatic heterocycles. The fourth-order valence-electron chi connectivity index (χ4n) is 1.85. The number of nitrogens with zero attached hydrogens (tertiary/aromatic N) is 2. The van der Waals surface area contributed by atoms with Crippen molar-refractivity contribution in [3.63, 3.8) is 0 Å². The van der Waals surface area contributed by atoms with E-state index in [1.807, 2.05) is 6.92 Å². The fraction of sp³-hybridized carbons (Fsp3) is 0.200. The maximum atomic E-state index is 12.1. The second-order valence-corrected chi connectivity index (χ2v) is 6.62. The molecule has 0 atom stereocenters. The topological polar surface area (TPSA) is 112 Å². The molecule has 0 bridgehead atoms. The smallest absolute Gasteiger partial charge is 0.276 e. The second-order valence-electron chi connectivity index (χ2n) is 4.96. The van der Waals surface area contributed by atoms with E-state index in [-0.39, 0.29) is 22.8 Å². The Labute approximate surface area is 134 Å². The molecule has 1 aromatic heterocycles. The monoisotopic (exact) mass is 335 g/mol. The standard InChI is InChI=1S/C15H17N3O4S/c1-10-3-5-13(6-4-10)23(21,22)18-17-8-14-12(9-19)7-16-11(2)15(14)20/h3-8,18-20H,9H2,1-2H3/b17-8+. The van der Waals surface area contributed by atoms with Crippen molar-refractivity contribution in [2.75, 3.05) is 0 Å². The summed E-state index contributed by atoms with van der Waals surface area (Å²) in [7, 11) is -3.80.